The number of ether oxygens (including phenoxy) is 1. The average Bonchev–Trinajstić information content (AvgIpc) is 2.75. The minimum absolute atomic E-state index is 0.0542. The zero-order valence-electron chi connectivity index (χ0n) is 17.2. The number of hydrogen-bond donors (Lipinski definition) is 1. The molecule has 3 aromatic rings. The van der Waals surface area contributed by atoms with E-state index in [1.165, 1.54) is 30.3 Å². The van der Waals surface area contributed by atoms with Crippen LogP contribution in [0.15, 0.2) is 81.4 Å². The summed E-state index contributed by atoms with van der Waals surface area (Å²) in [4.78, 5) is 23.3. The van der Waals surface area contributed by atoms with Gasteiger partial charge < -0.3 is 9.84 Å². The molecule has 0 bridgehead atoms. The normalized spacial score (nSPS) is 19.6. The number of hydrogen-bond acceptors (Lipinski definition) is 7. The van der Waals surface area contributed by atoms with E-state index in [0.717, 1.165) is 22.9 Å². The molecule has 0 aliphatic carbocycles. The van der Waals surface area contributed by atoms with Crippen LogP contribution in [0.5, 0.6) is 5.75 Å². The summed E-state index contributed by atoms with van der Waals surface area (Å²) in [5.74, 6) is 0.274. The molecule has 1 N–H and O–H groups in total. The first kappa shape index (κ1) is 21.7. The van der Waals surface area contributed by atoms with Crippen molar-refractivity contribution in [1.82, 2.24) is 4.57 Å². The molecule has 0 saturated carbocycles. The number of benzene rings is 2. The van der Waals surface area contributed by atoms with Crippen LogP contribution in [0.25, 0.3) is 0 Å². The third-order valence-corrected chi connectivity index (χ3v) is 7.25. The van der Waals surface area contributed by atoms with Gasteiger partial charge in [-0.05, 0) is 44.2 Å². The van der Waals surface area contributed by atoms with E-state index in [9.17, 15) is 28.4 Å². The molecule has 0 radical (unpaired) electrons. The van der Waals surface area contributed by atoms with Gasteiger partial charge in [-0.15, -0.1) is 0 Å². The summed E-state index contributed by atoms with van der Waals surface area (Å²) < 4.78 is 33.2. The van der Waals surface area contributed by atoms with Crippen LogP contribution in [0.2, 0.25) is 0 Å². The number of pyridine rings is 1. The Hall–Kier alpha value is -3.50. The van der Waals surface area contributed by atoms with Crippen LogP contribution in [0.4, 0.5) is 5.69 Å². The predicted octanol–water partition coefficient (Wildman–Crippen LogP) is 2.71. The van der Waals surface area contributed by atoms with Crippen molar-refractivity contribution in [2.24, 2.45) is 0 Å². The van der Waals surface area contributed by atoms with E-state index in [-0.39, 0.29) is 26.8 Å². The van der Waals surface area contributed by atoms with Crippen molar-refractivity contribution in [1.29, 1.82) is 0 Å². The standard InChI is InChI=1S/C22H20N2O7S/c1-22(2)21(26)20(23-13-14(24(27)28)8-11-19(23)25)17-12-16(9-10-18(17)31-22)32(29,30)15-6-4-3-5-7-15/h3-13,20-21,26H,1-2H3/t20-,21+/m0/s1. The highest BCUT2D eigenvalue weighted by Gasteiger charge is 2.45. The first-order valence-electron chi connectivity index (χ1n) is 9.70. The highest BCUT2D eigenvalue weighted by atomic mass is 32.2. The number of aliphatic hydroxyl groups is 1. The zero-order valence-corrected chi connectivity index (χ0v) is 18.0. The maximum Gasteiger partial charge on any atom is 0.285 e. The topological polar surface area (TPSA) is 129 Å². The van der Waals surface area contributed by atoms with Crippen LogP contribution < -0.4 is 10.3 Å². The summed E-state index contributed by atoms with van der Waals surface area (Å²) in [5, 5.41) is 22.3. The molecule has 0 unspecified atom stereocenters. The van der Waals surface area contributed by atoms with Gasteiger partial charge >= 0.3 is 0 Å². The molecule has 10 heteroatoms. The third kappa shape index (κ3) is 3.57. The molecule has 9 nitrogen and oxygen atoms in total. The van der Waals surface area contributed by atoms with E-state index in [2.05, 4.69) is 0 Å². The van der Waals surface area contributed by atoms with Gasteiger partial charge in [0.2, 0.25) is 9.84 Å². The Morgan fingerprint density at radius 3 is 2.41 bits per heavy atom. The van der Waals surface area contributed by atoms with Crippen molar-refractivity contribution in [2.45, 2.75) is 41.4 Å². The number of aromatic nitrogens is 1. The zero-order chi connectivity index (χ0) is 23.3. The Morgan fingerprint density at radius 2 is 1.75 bits per heavy atom. The van der Waals surface area contributed by atoms with Crippen LogP contribution in [-0.4, -0.2) is 34.7 Å². The van der Waals surface area contributed by atoms with Gasteiger partial charge in [-0.2, -0.15) is 0 Å². The maximum atomic E-state index is 13.1. The highest BCUT2D eigenvalue weighted by Crippen LogP contribution is 2.43. The fourth-order valence-electron chi connectivity index (χ4n) is 3.77. The fraction of sp³-hybridized carbons (Fsp3) is 0.227. The molecule has 0 amide bonds. The Bertz CT molecular complexity index is 1360. The van der Waals surface area contributed by atoms with Crippen LogP contribution in [0, 0.1) is 10.1 Å². The Morgan fingerprint density at radius 1 is 1.06 bits per heavy atom. The van der Waals surface area contributed by atoms with E-state index in [0.29, 0.717) is 0 Å². The molecular weight excluding hydrogens is 436 g/mol. The predicted molar refractivity (Wildman–Crippen MR) is 115 cm³/mol. The summed E-state index contributed by atoms with van der Waals surface area (Å²) >= 11 is 0. The van der Waals surface area contributed by atoms with E-state index in [4.69, 9.17) is 4.74 Å². The minimum Gasteiger partial charge on any atom is -0.485 e. The third-order valence-electron chi connectivity index (χ3n) is 5.48. The molecule has 2 atom stereocenters. The highest BCUT2D eigenvalue weighted by molar-refractivity contribution is 7.91. The number of fused-ring (bicyclic) bond motifs is 1. The molecule has 166 valence electrons. The summed E-state index contributed by atoms with van der Waals surface area (Å²) in [6.07, 6.45) is -0.260. The van der Waals surface area contributed by atoms with Crippen LogP contribution >= 0.6 is 0 Å². The van der Waals surface area contributed by atoms with Gasteiger partial charge in [0.05, 0.1) is 27.0 Å². The first-order chi connectivity index (χ1) is 15.0. The van der Waals surface area contributed by atoms with E-state index < -0.39 is 38.1 Å². The molecular formula is C22H20N2O7S. The van der Waals surface area contributed by atoms with Crippen molar-refractivity contribution in [2.75, 3.05) is 0 Å². The maximum absolute atomic E-state index is 13.1. The number of nitrogens with zero attached hydrogens (tertiary/aromatic N) is 2. The number of nitro groups is 1. The van der Waals surface area contributed by atoms with Crippen LogP contribution in [-0.2, 0) is 9.84 Å². The number of rotatable bonds is 4. The Labute approximate surface area is 183 Å². The van der Waals surface area contributed by atoms with Gasteiger partial charge in [-0.1, -0.05) is 18.2 Å². The summed E-state index contributed by atoms with van der Waals surface area (Å²) in [7, 11) is -3.89. The lowest BCUT2D eigenvalue weighted by atomic mass is 9.86. The average molecular weight is 456 g/mol. The first-order valence-corrected chi connectivity index (χ1v) is 11.2. The van der Waals surface area contributed by atoms with Crippen molar-refractivity contribution < 1.29 is 23.2 Å². The van der Waals surface area contributed by atoms with Gasteiger partial charge in [0, 0.05) is 17.7 Å². The van der Waals surface area contributed by atoms with Crippen LogP contribution in [0.3, 0.4) is 0 Å². The summed E-state index contributed by atoms with van der Waals surface area (Å²) in [6, 6.07) is 13.0. The SMILES string of the molecule is CC1(C)Oc2ccc(S(=O)(=O)c3ccccc3)cc2[C@H](n2cc([N+](=O)[O-])ccc2=O)[C@H]1O. The summed E-state index contributed by atoms with van der Waals surface area (Å²) in [5.41, 5.74) is -1.84. The minimum atomic E-state index is -3.89. The van der Waals surface area contributed by atoms with Gasteiger partial charge in [0.25, 0.3) is 11.2 Å². The lowest BCUT2D eigenvalue weighted by Crippen LogP contribution is -2.52. The van der Waals surface area contributed by atoms with E-state index >= 15 is 0 Å². The van der Waals surface area contributed by atoms with Crippen molar-refractivity contribution in [3.8, 4) is 5.75 Å². The molecule has 2 aromatic carbocycles. The lowest BCUT2D eigenvalue weighted by molar-refractivity contribution is -0.385. The van der Waals surface area contributed by atoms with E-state index in [1.54, 1.807) is 32.0 Å². The van der Waals surface area contributed by atoms with Crippen LogP contribution in [0.1, 0.15) is 25.5 Å². The van der Waals surface area contributed by atoms with Gasteiger partial charge in [0.15, 0.2) is 0 Å². The molecule has 0 fully saturated rings. The smallest absolute Gasteiger partial charge is 0.285 e. The van der Waals surface area contributed by atoms with Crippen molar-refractivity contribution >= 4 is 15.5 Å². The second-order valence-electron chi connectivity index (χ2n) is 8.00. The Kier molecular flexibility index (Phi) is 5.14. The van der Waals surface area contributed by atoms with Crippen molar-refractivity contribution in [3.05, 3.63) is 92.9 Å². The van der Waals surface area contributed by atoms with Gasteiger partial charge in [-0.3, -0.25) is 19.5 Å². The molecule has 2 heterocycles. The quantitative estimate of drug-likeness (QED) is 0.472. The molecule has 1 aliphatic heterocycles. The molecule has 1 aliphatic rings. The van der Waals surface area contributed by atoms with Crippen molar-refractivity contribution in [3.63, 3.8) is 0 Å². The molecule has 1 aromatic heterocycles. The lowest BCUT2D eigenvalue weighted by Gasteiger charge is -2.42. The van der Waals surface area contributed by atoms with Gasteiger partial charge in [-0.25, -0.2) is 8.42 Å². The molecule has 0 saturated heterocycles. The number of aliphatic hydroxyl groups excluding tert-OH is 1. The monoisotopic (exact) mass is 456 g/mol. The number of sulfone groups is 1. The molecule has 4 rings (SSSR count). The second-order valence-corrected chi connectivity index (χ2v) is 9.95. The fourth-order valence-corrected chi connectivity index (χ4v) is 5.08. The largest absolute Gasteiger partial charge is 0.485 e. The van der Waals surface area contributed by atoms with E-state index in [1.807, 2.05) is 0 Å². The second kappa shape index (κ2) is 7.57. The molecule has 32 heavy (non-hydrogen) atoms. The Balaban J connectivity index is 1.94. The molecule has 0 spiro atoms. The summed E-state index contributed by atoms with van der Waals surface area (Å²) in [6.45, 7) is 3.23. The van der Waals surface area contributed by atoms with Gasteiger partial charge in [0.1, 0.15) is 17.5 Å².